The van der Waals surface area contributed by atoms with Gasteiger partial charge in [-0.2, -0.15) is 4.98 Å². The Morgan fingerprint density at radius 1 is 1.24 bits per heavy atom. The first-order valence-electron chi connectivity index (χ1n) is 7.00. The van der Waals surface area contributed by atoms with Gasteiger partial charge in [0.2, 0.25) is 5.89 Å². The minimum Gasteiger partial charge on any atom is -0.489 e. The van der Waals surface area contributed by atoms with Crippen molar-refractivity contribution in [3.63, 3.8) is 0 Å². The van der Waals surface area contributed by atoms with Crippen molar-refractivity contribution >= 4 is 64.7 Å². The van der Waals surface area contributed by atoms with E-state index in [0.717, 1.165) is 0 Å². The van der Waals surface area contributed by atoms with Crippen molar-refractivity contribution in [2.24, 2.45) is 4.99 Å². The van der Waals surface area contributed by atoms with Crippen LogP contribution >= 0.6 is 58.8 Å². The number of halogens is 4. The number of nitrogens with zero attached hydrogens (tertiary/aromatic N) is 3. The Morgan fingerprint density at radius 2 is 1.92 bits per heavy atom. The molecule has 0 fully saturated rings. The molecule has 0 spiro atoms. The number of aryl methyl sites for hydroxylation is 1. The zero-order valence-corrected chi connectivity index (χ0v) is 18.1. The smallest absolute Gasteiger partial charge is 0.246 e. The number of ether oxygens (including phenoxy) is 1. The van der Waals surface area contributed by atoms with Crippen molar-refractivity contribution in [1.82, 2.24) is 20.8 Å². The molecule has 11 heteroatoms. The molecule has 2 N–H and O–H groups in total. The van der Waals surface area contributed by atoms with Gasteiger partial charge in [0.25, 0.3) is 0 Å². The zero-order valence-electron chi connectivity index (χ0n) is 13.5. The maximum Gasteiger partial charge on any atom is 0.246 e. The van der Waals surface area contributed by atoms with E-state index in [-0.39, 0.29) is 24.0 Å². The van der Waals surface area contributed by atoms with Crippen LogP contribution in [0.15, 0.2) is 21.6 Å². The molecule has 0 atom stereocenters. The largest absolute Gasteiger partial charge is 0.489 e. The van der Waals surface area contributed by atoms with Gasteiger partial charge in [0.1, 0.15) is 6.61 Å². The molecule has 2 aromatic rings. The van der Waals surface area contributed by atoms with Crippen LogP contribution in [0.3, 0.4) is 0 Å². The van der Waals surface area contributed by atoms with Gasteiger partial charge in [-0.05, 0) is 19.1 Å². The molecule has 1 aromatic heterocycles. The van der Waals surface area contributed by atoms with Gasteiger partial charge >= 0.3 is 0 Å². The van der Waals surface area contributed by atoms with Crippen LogP contribution in [0, 0.1) is 6.92 Å². The minimum atomic E-state index is 0. The van der Waals surface area contributed by atoms with Crippen LogP contribution < -0.4 is 15.4 Å². The second-order valence-corrected chi connectivity index (χ2v) is 5.89. The fourth-order valence-electron chi connectivity index (χ4n) is 1.78. The summed E-state index contributed by atoms with van der Waals surface area (Å²) < 4.78 is 10.6. The summed E-state index contributed by atoms with van der Waals surface area (Å²) in [7, 11) is 1.65. The summed E-state index contributed by atoms with van der Waals surface area (Å²) in [5, 5.41) is 11.0. The number of hydrogen-bond donors (Lipinski definition) is 2. The van der Waals surface area contributed by atoms with Gasteiger partial charge in [0, 0.05) is 12.1 Å². The highest BCUT2D eigenvalue weighted by Crippen LogP contribution is 2.35. The second kappa shape index (κ2) is 10.9. The summed E-state index contributed by atoms with van der Waals surface area (Å²) in [6.07, 6.45) is 0. The van der Waals surface area contributed by atoms with E-state index in [9.17, 15) is 0 Å². The lowest BCUT2D eigenvalue weighted by atomic mass is 10.3. The molecule has 25 heavy (non-hydrogen) atoms. The van der Waals surface area contributed by atoms with Crippen LogP contribution in [0.25, 0.3) is 0 Å². The van der Waals surface area contributed by atoms with Crippen LogP contribution in [0.4, 0.5) is 0 Å². The van der Waals surface area contributed by atoms with Crippen molar-refractivity contribution < 1.29 is 9.26 Å². The van der Waals surface area contributed by atoms with Gasteiger partial charge < -0.3 is 19.9 Å². The first-order chi connectivity index (χ1) is 11.5. The van der Waals surface area contributed by atoms with E-state index in [1.165, 1.54) is 0 Å². The normalized spacial score (nSPS) is 11.0. The summed E-state index contributed by atoms with van der Waals surface area (Å²) >= 11 is 18.0. The van der Waals surface area contributed by atoms with Gasteiger partial charge in [0.15, 0.2) is 17.5 Å². The summed E-state index contributed by atoms with van der Waals surface area (Å²) in [6.45, 7) is 2.94. The molecule has 1 heterocycles. The molecule has 0 bridgehead atoms. The third-order valence-corrected chi connectivity index (χ3v) is 3.58. The molecule has 0 saturated heterocycles. The van der Waals surface area contributed by atoms with Gasteiger partial charge in [-0.25, -0.2) is 0 Å². The summed E-state index contributed by atoms with van der Waals surface area (Å²) in [5.41, 5.74) is 0. The first-order valence-corrected chi connectivity index (χ1v) is 8.14. The highest BCUT2D eigenvalue weighted by atomic mass is 127. The molecular weight excluding hydrogens is 503 g/mol. The molecule has 138 valence electrons. The Hall–Kier alpha value is -0.970. The summed E-state index contributed by atoms with van der Waals surface area (Å²) in [5.74, 6) is 2.03. The predicted molar refractivity (Wildman–Crippen MR) is 110 cm³/mol. The number of aliphatic imine (C=N–C) groups is 1. The molecule has 0 amide bonds. The highest BCUT2D eigenvalue weighted by Gasteiger charge is 2.09. The number of hydrogen-bond acceptors (Lipinski definition) is 5. The lowest BCUT2D eigenvalue weighted by Crippen LogP contribution is -2.39. The van der Waals surface area contributed by atoms with E-state index in [2.05, 4.69) is 25.8 Å². The molecule has 7 nitrogen and oxygen atoms in total. The monoisotopic (exact) mass is 519 g/mol. The average molecular weight is 521 g/mol. The number of benzene rings is 1. The molecule has 2 rings (SSSR count). The number of nitrogens with one attached hydrogen (secondary N) is 2. The Bertz CT molecular complexity index is 703. The number of guanidine groups is 1. The SMILES string of the molecule is CN=C(NCCOc1c(Cl)cc(Cl)cc1Cl)NCc1nc(C)no1.I. The lowest BCUT2D eigenvalue weighted by molar-refractivity contribution is 0.322. The summed E-state index contributed by atoms with van der Waals surface area (Å²) in [6, 6.07) is 3.15. The Balaban J connectivity index is 0.00000312. The zero-order chi connectivity index (χ0) is 17.5. The van der Waals surface area contributed by atoms with Crippen LogP contribution in [0.5, 0.6) is 5.75 Å². The third kappa shape index (κ3) is 7.04. The van der Waals surface area contributed by atoms with Crippen molar-refractivity contribution in [3.8, 4) is 5.75 Å². The number of rotatable bonds is 6. The number of aromatic nitrogens is 2. The topological polar surface area (TPSA) is 84.6 Å². The minimum absolute atomic E-state index is 0. The quantitative estimate of drug-likeness (QED) is 0.262. The van der Waals surface area contributed by atoms with Crippen molar-refractivity contribution in [2.75, 3.05) is 20.2 Å². The molecule has 0 unspecified atom stereocenters. The first kappa shape index (κ1) is 22.1. The van der Waals surface area contributed by atoms with Gasteiger partial charge in [-0.3, -0.25) is 4.99 Å². The Kier molecular flexibility index (Phi) is 9.62. The van der Waals surface area contributed by atoms with E-state index in [0.29, 0.717) is 58.2 Å². The fraction of sp³-hybridized carbons (Fsp3) is 0.357. The van der Waals surface area contributed by atoms with Crippen LogP contribution in [0.2, 0.25) is 15.1 Å². The van der Waals surface area contributed by atoms with E-state index in [1.807, 2.05) is 0 Å². The van der Waals surface area contributed by atoms with Gasteiger partial charge in [-0.1, -0.05) is 40.0 Å². The van der Waals surface area contributed by atoms with Crippen LogP contribution in [0.1, 0.15) is 11.7 Å². The predicted octanol–water partition coefficient (Wildman–Crippen LogP) is 3.70. The van der Waals surface area contributed by atoms with E-state index >= 15 is 0 Å². The molecular formula is C14H17Cl3IN5O2. The average Bonchev–Trinajstić information content (AvgIpc) is 2.94. The molecule has 0 saturated carbocycles. The van der Waals surface area contributed by atoms with Crippen molar-refractivity contribution in [2.45, 2.75) is 13.5 Å². The third-order valence-electron chi connectivity index (χ3n) is 2.80. The van der Waals surface area contributed by atoms with Crippen molar-refractivity contribution in [3.05, 3.63) is 38.9 Å². The molecule has 0 radical (unpaired) electrons. The van der Waals surface area contributed by atoms with Crippen LogP contribution in [-0.2, 0) is 6.54 Å². The van der Waals surface area contributed by atoms with Crippen LogP contribution in [-0.4, -0.2) is 36.3 Å². The standard InChI is InChI=1S/C14H16Cl3N5O2.HI/c1-8-21-12(24-22-8)7-20-14(18-2)19-3-4-23-13-10(16)5-9(15)6-11(13)17;/h5-6H,3-4,7H2,1-2H3,(H2,18,19,20);1H. The summed E-state index contributed by atoms with van der Waals surface area (Å²) in [4.78, 5) is 8.17. The van der Waals surface area contributed by atoms with Crippen molar-refractivity contribution in [1.29, 1.82) is 0 Å². The second-order valence-electron chi connectivity index (χ2n) is 4.63. The Morgan fingerprint density at radius 3 is 2.48 bits per heavy atom. The molecule has 1 aromatic carbocycles. The lowest BCUT2D eigenvalue weighted by Gasteiger charge is -2.13. The fourth-order valence-corrected chi connectivity index (χ4v) is 2.71. The van der Waals surface area contributed by atoms with Gasteiger partial charge in [-0.15, -0.1) is 24.0 Å². The van der Waals surface area contributed by atoms with E-state index in [4.69, 9.17) is 44.1 Å². The maximum atomic E-state index is 6.05. The van der Waals surface area contributed by atoms with E-state index in [1.54, 1.807) is 26.1 Å². The molecule has 0 aliphatic carbocycles. The Labute approximate surface area is 177 Å². The van der Waals surface area contributed by atoms with Gasteiger partial charge in [0.05, 0.1) is 23.1 Å². The highest BCUT2D eigenvalue weighted by molar-refractivity contribution is 14.0. The molecule has 0 aliphatic heterocycles. The molecule has 0 aliphatic rings. The maximum absolute atomic E-state index is 6.05. The van der Waals surface area contributed by atoms with E-state index < -0.39 is 0 Å².